The third-order valence-electron chi connectivity index (χ3n) is 5.63. The average Bonchev–Trinajstić information content (AvgIpc) is 2.60. The van der Waals surface area contributed by atoms with E-state index in [9.17, 15) is 5.11 Å². The van der Waals surface area contributed by atoms with Gasteiger partial charge in [0.2, 0.25) is 0 Å². The lowest BCUT2D eigenvalue weighted by molar-refractivity contribution is -0.176. The van der Waals surface area contributed by atoms with Gasteiger partial charge >= 0.3 is 0 Å². The van der Waals surface area contributed by atoms with E-state index in [-0.39, 0.29) is 46.8 Å². The Morgan fingerprint density at radius 2 is 2.00 bits per heavy atom. The Balaban J connectivity index is 0.00000338. The van der Waals surface area contributed by atoms with Crippen LogP contribution in [0, 0.1) is 5.41 Å². The Morgan fingerprint density at radius 1 is 1.31 bits per heavy atom. The fraction of sp³-hybridized carbons (Fsp3) is 0.632. The molecule has 1 aromatic carbocycles. The number of hydrogen-bond acceptors (Lipinski definition) is 4. The molecular weight excluding hydrogens is 445 g/mol. The molecule has 2 unspecified atom stereocenters. The fourth-order valence-corrected chi connectivity index (χ4v) is 3.19. The lowest BCUT2D eigenvalue weighted by atomic mass is 9.56. The van der Waals surface area contributed by atoms with Gasteiger partial charge in [-0.05, 0) is 38.5 Å². The number of aromatic hydroxyl groups is 1. The predicted octanol–water partition coefficient (Wildman–Crippen LogP) is 3.28. The zero-order chi connectivity index (χ0) is 18.7. The lowest BCUT2D eigenvalue weighted by Crippen LogP contribution is -2.69. The minimum atomic E-state index is -0.132. The monoisotopic (exact) mass is 477 g/mol. The molecule has 2 rings (SSSR count). The summed E-state index contributed by atoms with van der Waals surface area (Å²) in [4.78, 5) is 4.62. The summed E-state index contributed by atoms with van der Waals surface area (Å²) >= 11 is 0. The molecule has 3 N–H and O–H groups in total. The highest BCUT2D eigenvalue weighted by atomic mass is 127. The number of halogens is 1. The van der Waals surface area contributed by atoms with E-state index in [1.54, 1.807) is 32.4 Å². The number of benzene rings is 1. The molecule has 0 aliphatic heterocycles. The van der Waals surface area contributed by atoms with Gasteiger partial charge in [-0.2, -0.15) is 0 Å². The van der Waals surface area contributed by atoms with E-state index >= 15 is 0 Å². The molecule has 1 aliphatic carbocycles. The second kappa shape index (κ2) is 9.12. The summed E-state index contributed by atoms with van der Waals surface area (Å²) in [6.07, 6.45) is 0.922. The van der Waals surface area contributed by atoms with Crippen LogP contribution in [0.5, 0.6) is 11.5 Å². The molecule has 0 radical (unpaired) electrons. The van der Waals surface area contributed by atoms with Crippen molar-refractivity contribution in [2.45, 2.75) is 52.3 Å². The van der Waals surface area contributed by atoms with Crippen molar-refractivity contribution in [1.82, 2.24) is 10.6 Å². The molecule has 0 saturated heterocycles. The van der Waals surface area contributed by atoms with E-state index in [2.05, 4.69) is 36.4 Å². The molecule has 0 spiro atoms. The van der Waals surface area contributed by atoms with Crippen LogP contribution in [0.15, 0.2) is 23.2 Å². The Labute approximate surface area is 173 Å². The maximum atomic E-state index is 10.0. The van der Waals surface area contributed by atoms with Gasteiger partial charge in [0.05, 0.1) is 19.3 Å². The van der Waals surface area contributed by atoms with Crippen molar-refractivity contribution in [2.75, 3.05) is 20.8 Å². The number of methoxy groups -OCH3 is 2. The Kier molecular flexibility index (Phi) is 8.01. The molecular formula is C19H32IN3O3. The minimum Gasteiger partial charge on any atom is -0.508 e. The molecule has 0 heterocycles. The zero-order valence-electron chi connectivity index (χ0n) is 16.5. The first-order valence-corrected chi connectivity index (χ1v) is 8.73. The minimum absolute atomic E-state index is 0. The van der Waals surface area contributed by atoms with Crippen LogP contribution >= 0.6 is 24.0 Å². The van der Waals surface area contributed by atoms with Crippen LogP contribution in [-0.4, -0.2) is 43.5 Å². The number of aliphatic imine (C=N–C) groups is 1. The van der Waals surface area contributed by atoms with Crippen molar-refractivity contribution >= 4 is 29.9 Å². The molecule has 2 atom stereocenters. The molecule has 26 heavy (non-hydrogen) atoms. The number of hydrogen-bond donors (Lipinski definition) is 3. The number of nitrogens with zero attached hydrogens (tertiary/aromatic N) is 1. The molecule has 0 amide bonds. The summed E-state index contributed by atoms with van der Waals surface area (Å²) in [5, 5.41) is 16.8. The second-order valence-corrected chi connectivity index (χ2v) is 7.25. The van der Waals surface area contributed by atoms with Crippen molar-refractivity contribution in [3.63, 3.8) is 0 Å². The first-order valence-electron chi connectivity index (χ1n) is 8.73. The summed E-state index contributed by atoms with van der Waals surface area (Å²) in [7, 11) is 3.37. The van der Waals surface area contributed by atoms with Crippen molar-refractivity contribution in [3.8, 4) is 11.5 Å². The van der Waals surface area contributed by atoms with Gasteiger partial charge in [-0.1, -0.05) is 13.8 Å². The highest BCUT2D eigenvalue weighted by Gasteiger charge is 2.58. The third kappa shape index (κ3) is 4.54. The third-order valence-corrected chi connectivity index (χ3v) is 5.63. The Hall–Kier alpha value is -1.22. The van der Waals surface area contributed by atoms with Crippen LogP contribution in [0.3, 0.4) is 0 Å². The van der Waals surface area contributed by atoms with Gasteiger partial charge in [0, 0.05) is 30.7 Å². The molecule has 1 aliphatic rings. The van der Waals surface area contributed by atoms with Crippen LogP contribution in [0.1, 0.15) is 39.7 Å². The predicted molar refractivity (Wildman–Crippen MR) is 116 cm³/mol. The van der Waals surface area contributed by atoms with Gasteiger partial charge in [0.1, 0.15) is 11.5 Å². The molecule has 0 bridgehead atoms. The number of ether oxygens (including phenoxy) is 2. The molecule has 1 aromatic rings. The molecule has 1 fully saturated rings. The smallest absolute Gasteiger partial charge is 0.191 e. The standard InChI is InChI=1S/C19H31N3O3.HI/c1-7-20-17(22-16-11-19(4,25-6)18(16,2)3)21-12-13-10-14(24-5)8-9-15(13)23;/h8-10,16,23H,7,11-12H2,1-6H3,(H2,20,21,22);1H. The van der Waals surface area contributed by atoms with Gasteiger partial charge in [0.25, 0.3) is 0 Å². The van der Waals surface area contributed by atoms with Gasteiger partial charge in [-0.3, -0.25) is 0 Å². The number of guanidine groups is 1. The van der Waals surface area contributed by atoms with Gasteiger partial charge < -0.3 is 25.2 Å². The number of phenols is 1. The van der Waals surface area contributed by atoms with Crippen LogP contribution in [0.2, 0.25) is 0 Å². The van der Waals surface area contributed by atoms with Crippen LogP contribution in [-0.2, 0) is 11.3 Å². The summed E-state index contributed by atoms with van der Waals surface area (Å²) < 4.78 is 10.9. The molecule has 7 heteroatoms. The number of rotatable bonds is 6. The van der Waals surface area contributed by atoms with E-state index in [1.807, 2.05) is 6.92 Å². The first kappa shape index (κ1) is 22.8. The van der Waals surface area contributed by atoms with Gasteiger partial charge in [-0.25, -0.2) is 4.99 Å². The second-order valence-electron chi connectivity index (χ2n) is 7.25. The largest absolute Gasteiger partial charge is 0.508 e. The summed E-state index contributed by atoms with van der Waals surface area (Å²) in [6.45, 7) is 9.72. The molecule has 0 aromatic heterocycles. The maximum absolute atomic E-state index is 10.0. The maximum Gasteiger partial charge on any atom is 0.191 e. The van der Waals surface area contributed by atoms with Crippen molar-refractivity contribution < 1.29 is 14.6 Å². The van der Waals surface area contributed by atoms with Gasteiger partial charge in [-0.15, -0.1) is 24.0 Å². The summed E-state index contributed by atoms with van der Waals surface area (Å²) in [5.41, 5.74) is 0.592. The highest BCUT2D eigenvalue weighted by molar-refractivity contribution is 14.0. The fourth-order valence-electron chi connectivity index (χ4n) is 3.19. The van der Waals surface area contributed by atoms with E-state index in [0.717, 1.165) is 24.5 Å². The quantitative estimate of drug-likeness (QED) is 0.333. The van der Waals surface area contributed by atoms with E-state index < -0.39 is 0 Å². The van der Waals surface area contributed by atoms with Crippen molar-refractivity contribution in [1.29, 1.82) is 0 Å². The number of phenolic OH excluding ortho intramolecular Hbond substituents is 1. The Bertz CT molecular complexity index is 636. The van der Waals surface area contributed by atoms with E-state index in [1.165, 1.54) is 0 Å². The normalized spacial score (nSPS) is 24.2. The van der Waals surface area contributed by atoms with Gasteiger partial charge in [0.15, 0.2) is 5.96 Å². The zero-order valence-corrected chi connectivity index (χ0v) is 18.9. The van der Waals surface area contributed by atoms with Crippen LogP contribution < -0.4 is 15.4 Å². The molecule has 148 valence electrons. The lowest BCUT2D eigenvalue weighted by Gasteiger charge is -2.59. The summed E-state index contributed by atoms with van der Waals surface area (Å²) in [5.74, 6) is 1.66. The highest BCUT2D eigenvalue weighted by Crippen LogP contribution is 2.51. The number of nitrogens with one attached hydrogen (secondary N) is 2. The van der Waals surface area contributed by atoms with Crippen molar-refractivity contribution in [2.24, 2.45) is 10.4 Å². The average molecular weight is 477 g/mol. The van der Waals surface area contributed by atoms with Crippen LogP contribution in [0.4, 0.5) is 0 Å². The first-order chi connectivity index (χ1) is 11.8. The van der Waals surface area contributed by atoms with Crippen LogP contribution in [0.25, 0.3) is 0 Å². The summed E-state index contributed by atoms with van der Waals surface area (Å²) in [6, 6.07) is 5.43. The molecule has 6 nitrogen and oxygen atoms in total. The van der Waals surface area contributed by atoms with Crippen molar-refractivity contribution in [3.05, 3.63) is 23.8 Å². The Morgan fingerprint density at radius 3 is 2.54 bits per heavy atom. The molecule has 1 saturated carbocycles. The SMILES string of the molecule is CCNC(=NCc1cc(OC)ccc1O)NC1CC(C)(OC)C1(C)C.I. The van der Waals surface area contributed by atoms with E-state index in [4.69, 9.17) is 9.47 Å². The topological polar surface area (TPSA) is 75.1 Å². The van der Waals surface area contributed by atoms with E-state index in [0.29, 0.717) is 12.3 Å².